The van der Waals surface area contributed by atoms with E-state index in [0.29, 0.717) is 22.6 Å². The summed E-state index contributed by atoms with van der Waals surface area (Å²) < 4.78 is 5.27. The summed E-state index contributed by atoms with van der Waals surface area (Å²) in [4.78, 5) is 62.1. The summed E-state index contributed by atoms with van der Waals surface area (Å²) in [6, 6.07) is 6.48. The fraction of sp³-hybridized carbons (Fsp3) is 0.421. The van der Waals surface area contributed by atoms with Gasteiger partial charge in [-0.3, -0.25) is 19.2 Å². The lowest BCUT2D eigenvalue weighted by Crippen LogP contribution is -2.32. The van der Waals surface area contributed by atoms with E-state index in [4.69, 9.17) is 9.57 Å². The molecule has 2 rings (SSSR count). The van der Waals surface area contributed by atoms with Gasteiger partial charge in [-0.05, 0) is 13.3 Å². The van der Waals surface area contributed by atoms with Gasteiger partial charge >= 0.3 is 5.97 Å². The minimum Gasteiger partial charge on any atom is -0.381 e. The maximum atomic E-state index is 12.0. The average Bonchev–Trinajstić information content (AvgIpc) is 2.96. The molecule has 0 unspecified atom stereocenters. The molecular weight excluding hydrogens is 354 g/mol. The van der Waals surface area contributed by atoms with Gasteiger partial charge in [0.1, 0.15) is 0 Å². The molecule has 144 valence electrons. The van der Waals surface area contributed by atoms with Crippen LogP contribution in [0.5, 0.6) is 0 Å². The monoisotopic (exact) mass is 375 g/mol. The zero-order valence-corrected chi connectivity index (χ0v) is 15.1. The minimum absolute atomic E-state index is 0.0497. The summed E-state index contributed by atoms with van der Waals surface area (Å²) >= 11 is 0. The van der Waals surface area contributed by atoms with Gasteiger partial charge in [0.2, 0.25) is 0 Å². The molecule has 0 aromatic heterocycles. The maximum absolute atomic E-state index is 12.0. The number of hydrogen-bond acceptors (Lipinski definition) is 7. The Morgan fingerprint density at radius 1 is 0.926 bits per heavy atom. The van der Waals surface area contributed by atoms with Gasteiger partial charge in [-0.15, -0.1) is 5.06 Å². The van der Waals surface area contributed by atoms with Gasteiger partial charge in [-0.2, -0.15) is 0 Å². The van der Waals surface area contributed by atoms with Crippen molar-refractivity contribution in [3.8, 4) is 0 Å². The Kier molecular flexibility index (Phi) is 7.36. The molecule has 8 nitrogen and oxygen atoms in total. The van der Waals surface area contributed by atoms with Crippen molar-refractivity contribution in [3.63, 3.8) is 0 Å². The average molecular weight is 375 g/mol. The second kappa shape index (κ2) is 9.72. The van der Waals surface area contributed by atoms with E-state index in [1.165, 1.54) is 6.92 Å². The molecule has 1 fully saturated rings. The highest BCUT2D eigenvalue weighted by molar-refractivity contribution is 6.01. The summed E-state index contributed by atoms with van der Waals surface area (Å²) in [5, 5.41) is 0.498. The van der Waals surface area contributed by atoms with Crippen molar-refractivity contribution in [1.29, 1.82) is 0 Å². The summed E-state index contributed by atoms with van der Waals surface area (Å²) in [6.07, 6.45) is 0.756. The third-order valence-electron chi connectivity index (χ3n) is 3.96. The van der Waals surface area contributed by atoms with Crippen LogP contribution in [0.25, 0.3) is 0 Å². The van der Waals surface area contributed by atoms with Crippen LogP contribution in [0.4, 0.5) is 0 Å². The first-order valence-corrected chi connectivity index (χ1v) is 8.67. The summed E-state index contributed by atoms with van der Waals surface area (Å²) in [7, 11) is 0. The molecule has 0 N–H and O–H groups in total. The number of rotatable bonds is 10. The molecule has 0 atom stereocenters. The summed E-state index contributed by atoms with van der Waals surface area (Å²) in [5.74, 6) is -1.88. The van der Waals surface area contributed by atoms with Crippen LogP contribution in [-0.4, -0.2) is 47.6 Å². The van der Waals surface area contributed by atoms with Crippen LogP contribution in [0, 0.1) is 0 Å². The first-order chi connectivity index (χ1) is 12.9. The predicted molar refractivity (Wildman–Crippen MR) is 92.6 cm³/mol. The van der Waals surface area contributed by atoms with Crippen molar-refractivity contribution in [2.75, 3.05) is 13.2 Å². The molecule has 1 aliphatic rings. The van der Waals surface area contributed by atoms with Gasteiger partial charge in [0.05, 0.1) is 13.0 Å². The second-order valence-electron chi connectivity index (χ2n) is 6.07. The Bertz CT molecular complexity index is 723. The van der Waals surface area contributed by atoms with Crippen LogP contribution >= 0.6 is 0 Å². The lowest BCUT2D eigenvalue weighted by molar-refractivity contribution is -0.198. The number of Topliss-reactive ketones (excluding diaryl/α,β-unsaturated/α-hetero) is 2. The second-order valence-corrected chi connectivity index (χ2v) is 6.07. The van der Waals surface area contributed by atoms with E-state index >= 15 is 0 Å². The number of carbonyl (C=O) groups is 5. The highest BCUT2D eigenvalue weighted by atomic mass is 16.7. The lowest BCUT2D eigenvalue weighted by Gasteiger charge is -2.12. The van der Waals surface area contributed by atoms with Crippen LogP contribution < -0.4 is 0 Å². The minimum atomic E-state index is -0.722. The number of carbonyl (C=O) groups excluding carboxylic acids is 5. The van der Waals surface area contributed by atoms with Crippen molar-refractivity contribution >= 4 is 29.4 Å². The van der Waals surface area contributed by atoms with Crippen LogP contribution in [0.2, 0.25) is 0 Å². The largest absolute Gasteiger partial charge is 0.381 e. The topological polar surface area (TPSA) is 107 Å². The third kappa shape index (κ3) is 6.10. The number of benzene rings is 1. The predicted octanol–water partition coefficient (Wildman–Crippen LogP) is 1.87. The van der Waals surface area contributed by atoms with Gasteiger partial charge in [0.15, 0.2) is 11.6 Å². The maximum Gasteiger partial charge on any atom is 0.335 e. The number of nitrogens with zero attached hydrogens (tertiary/aromatic N) is 1. The molecule has 1 aliphatic heterocycles. The van der Waals surface area contributed by atoms with Crippen molar-refractivity contribution < 1.29 is 33.5 Å². The molecule has 1 saturated heterocycles. The molecule has 8 heteroatoms. The number of hydrogen-bond donors (Lipinski definition) is 0. The van der Waals surface area contributed by atoms with Crippen LogP contribution in [-0.2, 0) is 24.0 Å². The lowest BCUT2D eigenvalue weighted by atomic mass is 10.0. The molecule has 2 amide bonds. The van der Waals surface area contributed by atoms with Crippen molar-refractivity contribution in [2.45, 2.75) is 39.0 Å². The Labute approximate surface area is 156 Å². The van der Waals surface area contributed by atoms with Gasteiger partial charge in [0.25, 0.3) is 11.8 Å². The number of hydroxylamine groups is 2. The third-order valence-corrected chi connectivity index (χ3v) is 3.96. The van der Waals surface area contributed by atoms with Crippen LogP contribution in [0.15, 0.2) is 24.3 Å². The molecular formula is C19H21NO7. The molecule has 1 heterocycles. The number of amides is 2. The Hall–Kier alpha value is -2.87. The van der Waals surface area contributed by atoms with Gasteiger partial charge < -0.3 is 9.57 Å². The quantitative estimate of drug-likeness (QED) is 0.349. The van der Waals surface area contributed by atoms with E-state index in [1.807, 2.05) is 0 Å². The van der Waals surface area contributed by atoms with E-state index in [2.05, 4.69) is 0 Å². The summed E-state index contributed by atoms with van der Waals surface area (Å²) in [6.45, 7) is 1.81. The van der Waals surface area contributed by atoms with Crippen molar-refractivity contribution in [1.82, 2.24) is 5.06 Å². The zero-order chi connectivity index (χ0) is 19.8. The van der Waals surface area contributed by atoms with E-state index < -0.39 is 17.8 Å². The summed E-state index contributed by atoms with van der Waals surface area (Å²) in [5.41, 5.74) is 1.09. The highest BCUT2D eigenvalue weighted by Gasteiger charge is 2.32. The van der Waals surface area contributed by atoms with E-state index in [1.54, 1.807) is 24.3 Å². The van der Waals surface area contributed by atoms with Crippen molar-refractivity contribution in [2.24, 2.45) is 0 Å². The van der Waals surface area contributed by atoms with E-state index in [9.17, 15) is 24.0 Å². The molecule has 0 radical (unpaired) electrons. The molecule has 0 saturated carbocycles. The smallest absolute Gasteiger partial charge is 0.335 e. The van der Waals surface area contributed by atoms with Crippen molar-refractivity contribution in [3.05, 3.63) is 35.4 Å². The molecule has 0 aliphatic carbocycles. The van der Waals surface area contributed by atoms with Gasteiger partial charge in [-0.25, -0.2) is 4.79 Å². The SMILES string of the molecule is CC(=O)c1ccc(C(=O)CCCOCCC(=O)ON2C(=O)CCC2=O)cc1. The zero-order valence-electron chi connectivity index (χ0n) is 15.1. The Balaban J connectivity index is 1.59. The molecule has 0 bridgehead atoms. The van der Waals surface area contributed by atoms with E-state index in [0.717, 1.165) is 0 Å². The fourth-order valence-corrected chi connectivity index (χ4v) is 2.43. The Morgan fingerprint density at radius 2 is 1.52 bits per heavy atom. The van der Waals surface area contributed by atoms with Gasteiger partial charge in [-0.1, -0.05) is 24.3 Å². The van der Waals surface area contributed by atoms with E-state index in [-0.39, 0.29) is 50.5 Å². The highest BCUT2D eigenvalue weighted by Crippen LogP contribution is 2.13. The standard InChI is InChI=1S/C19H21NO7/c1-13(21)14-4-6-15(7-5-14)16(22)3-2-11-26-12-10-19(25)27-20-17(23)8-9-18(20)24/h4-7H,2-3,8-12H2,1H3. The number of ketones is 2. The van der Waals surface area contributed by atoms with Gasteiger partial charge in [0, 0.05) is 37.0 Å². The fourth-order valence-electron chi connectivity index (χ4n) is 2.43. The molecule has 1 aromatic rings. The molecule has 1 aromatic carbocycles. The molecule has 27 heavy (non-hydrogen) atoms. The molecule has 0 spiro atoms. The Morgan fingerprint density at radius 3 is 2.11 bits per heavy atom. The van der Waals surface area contributed by atoms with Crippen LogP contribution in [0.1, 0.15) is 59.7 Å². The number of imide groups is 1. The first kappa shape index (κ1) is 20.4. The van der Waals surface area contributed by atoms with Crippen LogP contribution in [0.3, 0.4) is 0 Å². The normalized spacial score (nSPS) is 13.7. The number of ether oxygens (including phenoxy) is 1. The first-order valence-electron chi connectivity index (χ1n) is 8.67.